The zero-order chi connectivity index (χ0) is 40.2. The second-order valence-electron chi connectivity index (χ2n) is 12.8. The number of aliphatic hydroxyl groups is 2. The highest BCUT2D eigenvalue weighted by Gasteiger charge is 2.36. The van der Waals surface area contributed by atoms with Gasteiger partial charge in [-0.2, -0.15) is 0 Å². The van der Waals surface area contributed by atoms with Crippen molar-refractivity contribution in [3.63, 3.8) is 0 Å². The fourth-order valence-corrected chi connectivity index (χ4v) is 5.39. The van der Waals surface area contributed by atoms with Gasteiger partial charge in [0.05, 0.1) is 42.6 Å². The first kappa shape index (κ1) is 41.5. The van der Waals surface area contributed by atoms with Gasteiger partial charge >= 0.3 is 29.8 Å². The van der Waals surface area contributed by atoms with E-state index in [9.17, 15) is 44.4 Å². The first-order chi connectivity index (χ1) is 26.1. The van der Waals surface area contributed by atoms with E-state index in [0.29, 0.717) is 0 Å². The summed E-state index contributed by atoms with van der Waals surface area (Å²) in [5.74, 6) is -6.90. The number of hydrogen-bond acceptors (Lipinski definition) is 14. The zero-order valence-corrected chi connectivity index (χ0v) is 30.6. The lowest BCUT2D eigenvalue weighted by Crippen LogP contribution is -2.22. The van der Waals surface area contributed by atoms with Gasteiger partial charge in [-0.25, -0.2) is 0 Å². The Kier molecular flexibility index (Phi) is 14.5. The largest absolute Gasteiger partial charge is 0.508 e. The van der Waals surface area contributed by atoms with Gasteiger partial charge in [-0.05, 0) is 68.1 Å². The van der Waals surface area contributed by atoms with E-state index in [1.165, 1.54) is 69.3 Å². The molecule has 14 heteroatoms. The molecule has 4 aromatic rings. The molecule has 0 aromatic heterocycles. The number of rotatable bonds is 16. The number of phenolic OH excluding ortho intramolecular Hbond substituents is 2. The van der Waals surface area contributed by atoms with Gasteiger partial charge < -0.3 is 44.1 Å². The number of aryl methyl sites for hydroxylation is 1. The van der Waals surface area contributed by atoms with Crippen LogP contribution in [-0.2, 0) is 35.1 Å². The van der Waals surface area contributed by atoms with Crippen molar-refractivity contribution < 1.29 is 68.1 Å². The third kappa shape index (κ3) is 12.1. The molecule has 4 aromatic carbocycles. The molecule has 0 saturated carbocycles. The minimum absolute atomic E-state index is 0.0990. The third-order valence-electron chi connectivity index (χ3n) is 7.70. The Hall–Kier alpha value is -6.25. The standard InChI is InChI=1S/C41H42O14/c1-23(42)20-33(48)53-39-37(29-13-17-31(46)18-14-29)40(54-34(49)21-24(2)43)41(55-35(50)22-25(3)51-26(4)44)36(28-11-15-30(45)16-12-28)38(39)52-32(47)19-10-27-8-6-5-7-9-27/h5-9,11-18,23-25,42-43,45-46H,10,19-22H2,1-4H3/t23-,24-,25-/m0/s1. The van der Waals surface area contributed by atoms with Crippen molar-refractivity contribution in [2.24, 2.45) is 0 Å². The zero-order valence-electron chi connectivity index (χ0n) is 30.6. The maximum Gasteiger partial charge on any atom is 0.315 e. The van der Waals surface area contributed by atoms with Gasteiger partial charge in [-0.3, -0.25) is 24.0 Å². The van der Waals surface area contributed by atoms with Crippen molar-refractivity contribution in [1.29, 1.82) is 0 Å². The first-order valence-electron chi connectivity index (χ1n) is 17.3. The molecule has 14 nitrogen and oxygen atoms in total. The number of aliphatic hydroxyl groups excluding tert-OH is 2. The molecule has 0 aliphatic rings. The van der Waals surface area contributed by atoms with Crippen molar-refractivity contribution >= 4 is 29.8 Å². The molecular weight excluding hydrogens is 716 g/mol. The summed E-state index contributed by atoms with van der Waals surface area (Å²) in [4.78, 5) is 65.8. The van der Waals surface area contributed by atoms with Gasteiger partial charge in [0.2, 0.25) is 0 Å². The summed E-state index contributed by atoms with van der Waals surface area (Å²) in [6, 6.07) is 19.6. The van der Waals surface area contributed by atoms with Gasteiger partial charge in [0.15, 0.2) is 23.0 Å². The van der Waals surface area contributed by atoms with E-state index in [2.05, 4.69) is 0 Å². The number of ether oxygens (including phenoxy) is 5. The Balaban J connectivity index is 2.12. The van der Waals surface area contributed by atoms with E-state index in [0.717, 1.165) is 12.5 Å². The SMILES string of the molecule is CC(=O)O[C@@H](C)CC(=O)Oc1c(OC(=O)C[C@H](C)O)c(-c2ccc(O)cc2)c(OC(=O)C[C@H](C)O)c(OC(=O)CCc2ccccc2)c1-c1ccc(O)cc1. The molecule has 0 radical (unpaired) electrons. The van der Waals surface area contributed by atoms with E-state index >= 15 is 0 Å². The molecule has 0 saturated heterocycles. The Bertz CT molecular complexity index is 1980. The number of esters is 5. The highest BCUT2D eigenvalue weighted by atomic mass is 16.6. The number of phenols is 2. The molecule has 4 N–H and O–H groups in total. The Morgan fingerprint density at radius 1 is 0.545 bits per heavy atom. The number of carbonyl (C=O) groups excluding carboxylic acids is 5. The Labute approximate surface area is 316 Å². The number of benzene rings is 4. The van der Waals surface area contributed by atoms with E-state index in [1.54, 1.807) is 12.1 Å². The van der Waals surface area contributed by atoms with E-state index in [4.69, 9.17) is 23.7 Å². The Morgan fingerprint density at radius 3 is 1.31 bits per heavy atom. The van der Waals surface area contributed by atoms with Crippen molar-refractivity contribution in [3.8, 4) is 56.8 Å². The average Bonchev–Trinajstić information content (AvgIpc) is 3.09. The smallest absolute Gasteiger partial charge is 0.315 e. The summed E-state index contributed by atoms with van der Waals surface area (Å²) in [6.07, 6.45) is -4.88. The van der Waals surface area contributed by atoms with Gasteiger partial charge in [0.25, 0.3) is 0 Å². The number of aromatic hydroxyl groups is 2. The highest BCUT2D eigenvalue weighted by molar-refractivity contribution is 5.99. The van der Waals surface area contributed by atoms with E-state index < -0.39 is 90.4 Å². The van der Waals surface area contributed by atoms with Gasteiger partial charge in [-0.1, -0.05) is 54.6 Å². The monoisotopic (exact) mass is 758 g/mol. The van der Waals surface area contributed by atoms with Crippen molar-refractivity contribution in [2.75, 3.05) is 0 Å². The predicted octanol–water partition coefficient (Wildman–Crippen LogP) is 5.57. The maximum absolute atomic E-state index is 13.8. The van der Waals surface area contributed by atoms with E-state index in [-0.39, 0.29) is 46.6 Å². The molecule has 4 rings (SSSR count). The molecule has 0 spiro atoms. The molecule has 0 unspecified atom stereocenters. The predicted molar refractivity (Wildman–Crippen MR) is 196 cm³/mol. The second-order valence-corrected chi connectivity index (χ2v) is 12.8. The summed E-state index contributed by atoms with van der Waals surface area (Å²) in [7, 11) is 0. The molecule has 0 amide bonds. The van der Waals surface area contributed by atoms with Crippen LogP contribution in [0.15, 0.2) is 78.9 Å². The summed E-state index contributed by atoms with van der Waals surface area (Å²) in [6.45, 7) is 5.28. The summed E-state index contributed by atoms with van der Waals surface area (Å²) >= 11 is 0. The van der Waals surface area contributed by atoms with Gasteiger partial charge in [-0.15, -0.1) is 0 Å². The lowest BCUT2D eigenvalue weighted by molar-refractivity contribution is -0.149. The fourth-order valence-electron chi connectivity index (χ4n) is 5.39. The molecule has 0 heterocycles. The Morgan fingerprint density at radius 2 is 0.927 bits per heavy atom. The molecule has 0 aliphatic heterocycles. The van der Waals surface area contributed by atoms with Crippen molar-refractivity contribution in [2.45, 2.75) is 78.1 Å². The second kappa shape index (κ2) is 19.2. The molecule has 290 valence electrons. The lowest BCUT2D eigenvalue weighted by Gasteiger charge is -2.25. The first-order valence-corrected chi connectivity index (χ1v) is 17.3. The fraction of sp³-hybridized carbons (Fsp3) is 0.293. The minimum atomic E-state index is -1.19. The summed E-state index contributed by atoms with van der Waals surface area (Å²) < 4.78 is 28.8. The van der Waals surface area contributed by atoms with Crippen LogP contribution in [0.4, 0.5) is 0 Å². The van der Waals surface area contributed by atoms with Crippen LogP contribution < -0.4 is 18.9 Å². The highest BCUT2D eigenvalue weighted by Crippen LogP contribution is 2.58. The van der Waals surface area contributed by atoms with Crippen LogP contribution in [0.5, 0.6) is 34.5 Å². The van der Waals surface area contributed by atoms with Crippen LogP contribution >= 0.6 is 0 Å². The molecule has 3 atom stereocenters. The van der Waals surface area contributed by atoms with Crippen LogP contribution in [0.3, 0.4) is 0 Å². The minimum Gasteiger partial charge on any atom is -0.508 e. The third-order valence-corrected chi connectivity index (χ3v) is 7.70. The van der Waals surface area contributed by atoms with Crippen LogP contribution in [0, 0.1) is 0 Å². The molecular formula is C41H42O14. The molecule has 0 bridgehead atoms. The molecule has 0 fully saturated rings. The normalized spacial score (nSPS) is 12.5. The van der Waals surface area contributed by atoms with E-state index in [1.807, 2.05) is 18.2 Å². The van der Waals surface area contributed by atoms with Crippen LogP contribution in [-0.4, -0.2) is 68.6 Å². The number of carbonyl (C=O) groups is 5. The topological polar surface area (TPSA) is 212 Å². The maximum atomic E-state index is 13.8. The molecule has 55 heavy (non-hydrogen) atoms. The average molecular weight is 759 g/mol. The summed E-state index contributed by atoms with van der Waals surface area (Å²) in [5.41, 5.74) is 0.508. The molecule has 0 aliphatic carbocycles. The van der Waals surface area contributed by atoms with Crippen LogP contribution in [0.1, 0.15) is 58.9 Å². The number of hydrogen-bond donors (Lipinski definition) is 4. The van der Waals surface area contributed by atoms with Gasteiger partial charge in [0, 0.05) is 13.3 Å². The lowest BCUT2D eigenvalue weighted by atomic mass is 9.94. The van der Waals surface area contributed by atoms with Crippen LogP contribution in [0.25, 0.3) is 22.3 Å². The van der Waals surface area contributed by atoms with Crippen molar-refractivity contribution in [1.82, 2.24) is 0 Å². The summed E-state index contributed by atoms with van der Waals surface area (Å²) in [5, 5.41) is 40.5. The quantitative estimate of drug-likeness (QED) is 0.0813. The van der Waals surface area contributed by atoms with Crippen LogP contribution in [0.2, 0.25) is 0 Å². The van der Waals surface area contributed by atoms with Gasteiger partial charge in [0.1, 0.15) is 17.6 Å². The van der Waals surface area contributed by atoms with Crippen molar-refractivity contribution in [3.05, 3.63) is 84.4 Å².